The highest BCUT2D eigenvalue weighted by Gasteiger charge is 2.03. The monoisotopic (exact) mass is 175 g/mol. The summed E-state index contributed by atoms with van der Waals surface area (Å²) in [4.78, 5) is 0. The molecule has 1 aromatic heterocycles. The van der Waals surface area contributed by atoms with Gasteiger partial charge in [0.1, 0.15) is 0 Å². The van der Waals surface area contributed by atoms with Crippen LogP contribution >= 0.6 is 0 Å². The summed E-state index contributed by atoms with van der Waals surface area (Å²) in [5.41, 5.74) is 13.4. The second-order valence-corrected chi connectivity index (χ2v) is 3.28. The highest BCUT2D eigenvalue weighted by Crippen LogP contribution is 2.20. The van der Waals surface area contributed by atoms with Crippen molar-refractivity contribution in [1.29, 1.82) is 0 Å². The van der Waals surface area contributed by atoms with Crippen molar-refractivity contribution in [2.45, 2.75) is 13.1 Å². The molecule has 3 heteroatoms. The fraction of sp³-hybridized carbons (Fsp3) is 0.200. The molecule has 0 amide bonds. The van der Waals surface area contributed by atoms with Crippen LogP contribution in [0.4, 0.5) is 5.69 Å². The van der Waals surface area contributed by atoms with Gasteiger partial charge in [-0.1, -0.05) is 0 Å². The molecule has 0 aliphatic heterocycles. The molecule has 1 unspecified atom stereocenters. The number of nitrogens with two attached hydrogens (primary N) is 2. The molecule has 2 aromatic rings. The standard InChI is InChI=1S/C10H13N3/c1-7(11)13-5-4-8-6-9(12)2-3-10(8)13/h2-7H,11-12H2,1H3. The number of aromatic nitrogens is 1. The van der Waals surface area contributed by atoms with Crippen molar-refractivity contribution in [2.75, 3.05) is 5.73 Å². The molecule has 0 bridgehead atoms. The number of benzene rings is 1. The van der Waals surface area contributed by atoms with Crippen molar-refractivity contribution in [3.8, 4) is 0 Å². The Morgan fingerprint density at radius 2 is 2.08 bits per heavy atom. The Balaban J connectivity index is 2.69. The summed E-state index contributed by atoms with van der Waals surface area (Å²) >= 11 is 0. The third-order valence-corrected chi connectivity index (χ3v) is 2.18. The van der Waals surface area contributed by atoms with E-state index in [1.165, 1.54) is 0 Å². The predicted molar refractivity (Wildman–Crippen MR) is 55.2 cm³/mol. The highest BCUT2D eigenvalue weighted by atomic mass is 15.1. The minimum Gasteiger partial charge on any atom is -0.399 e. The van der Waals surface area contributed by atoms with Crippen LogP contribution < -0.4 is 11.5 Å². The second kappa shape index (κ2) is 2.78. The van der Waals surface area contributed by atoms with Gasteiger partial charge in [0.15, 0.2) is 0 Å². The molecule has 0 saturated heterocycles. The first kappa shape index (κ1) is 8.13. The van der Waals surface area contributed by atoms with Gasteiger partial charge in [-0.15, -0.1) is 0 Å². The smallest absolute Gasteiger partial charge is 0.0786 e. The van der Waals surface area contributed by atoms with Gasteiger partial charge in [0.2, 0.25) is 0 Å². The molecule has 0 aliphatic carbocycles. The predicted octanol–water partition coefficient (Wildman–Crippen LogP) is 1.70. The number of hydrogen-bond acceptors (Lipinski definition) is 2. The minimum absolute atomic E-state index is 0.00104. The molecule has 1 heterocycles. The van der Waals surface area contributed by atoms with Gasteiger partial charge in [0.25, 0.3) is 0 Å². The summed E-state index contributed by atoms with van der Waals surface area (Å²) in [6.07, 6.45) is 1.98. The second-order valence-electron chi connectivity index (χ2n) is 3.28. The number of rotatable bonds is 1. The lowest BCUT2D eigenvalue weighted by Crippen LogP contribution is -2.12. The van der Waals surface area contributed by atoms with E-state index in [0.29, 0.717) is 0 Å². The lowest BCUT2D eigenvalue weighted by molar-refractivity contribution is 0.592. The maximum absolute atomic E-state index is 5.79. The molecule has 1 atom stereocenters. The van der Waals surface area contributed by atoms with E-state index in [1.54, 1.807) is 0 Å². The van der Waals surface area contributed by atoms with Crippen LogP contribution in [-0.4, -0.2) is 4.57 Å². The minimum atomic E-state index is 0.00104. The van der Waals surface area contributed by atoms with E-state index in [1.807, 2.05) is 42.0 Å². The van der Waals surface area contributed by atoms with Crippen LogP contribution in [0.5, 0.6) is 0 Å². The largest absolute Gasteiger partial charge is 0.399 e. The first-order valence-corrected chi connectivity index (χ1v) is 4.30. The van der Waals surface area contributed by atoms with Gasteiger partial charge in [0.05, 0.1) is 6.17 Å². The zero-order chi connectivity index (χ0) is 9.42. The summed E-state index contributed by atoms with van der Waals surface area (Å²) in [5.74, 6) is 0. The van der Waals surface area contributed by atoms with Crippen molar-refractivity contribution < 1.29 is 0 Å². The third kappa shape index (κ3) is 1.27. The lowest BCUT2D eigenvalue weighted by atomic mass is 10.2. The van der Waals surface area contributed by atoms with E-state index in [0.717, 1.165) is 16.6 Å². The lowest BCUT2D eigenvalue weighted by Gasteiger charge is -2.08. The Hall–Kier alpha value is -1.48. The molecule has 0 saturated carbocycles. The van der Waals surface area contributed by atoms with Crippen LogP contribution in [0.1, 0.15) is 13.1 Å². The summed E-state index contributed by atoms with van der Waals surface area (Å²) in [6, 6.07) is 7.86. The van der Waals surface area contributed by atoms with Gasteiger partial charge in [-0.05, 0) is 31.2 Å². The Bertz CT molecular complexity index is 429. The number of anilines is 1. The molecule has 3 nitrogen and oxygen atoms in total. The SMILES string of the molecule is CC(N)n1ccc2cc(N)ccc21. The van der Waals surface area contributed by atoms with Crippen LogP contribution in [0, 0.1) is 0 Å². The fourth-order valence-corrected chi connectivity index (χ4v) is 1.54. The Morgan fingerprint density at radius 3 is 2.77 bits per heavy atom. The molecule has 0 radical (unpaired) electrons. The summed E-state index contributed by atoms with van der Waals surface area (Å²) in [7, 11) is 0. The van der Waals surface area contributed by atoms with Crippen LogP contribution in [0.15, 0.2) is 30.5 Å². The summed E-state index contributed by atoms with van der Waals surface area (Å²) < 4.78 is 2.02. The molecule has 0 fully saturated rings. The van der Waals surface area contributed by atoms with Gasteiger partial charge in [0, 0.05) is 22.8 Å². The zero-order valence-corrected chi connectivity index (χ0v) is 7.57. The van der Waals surface area contributed by atoms with Gasteiger partial charge < -0.3 is 16.0 Å². The van der Waals surface area contributed by atoms with Gasteiger partial charge in [-0.2, -0.15) is 0 Å². The average molecular weight is 175 g/mol. The van der Waals surface area contributed by atoms with Crippen LogP contribution in [0.3, 0.4) is 0 Å². The maximum Gasteiger partial charge on any atom is 0.0786 e. The van der Waals surface area contributed by atoms with E-state index in [9.17, 15) is 0 Å². The Kier molecular flexibility index (Phi) is 1.74. The zero-order valence-electron chi connectivity index (χ0n) is 7.57. The summed E-state index contributed by atoms with van der Waals surface area (Å²) in [5, 5.41) is 1.14. The number of nitrogens with zero attached hydrogens (tertiary/aromatic N) is 1. The van der Waals surface area contributed by atoms with E-state index >= 15 is 0 Å². The van der Waals surface area contributed by atoms with Crippen molar-refractivity contribution >= 4 is 16.6 Å². The quantitative estimate of drug-likeness (QED) is 0.648. The van der Waals surface area contributed by atoms with Crippen LogP contribution in [0.2, 0.25) is 0 Å². The molecule has 0 aliphatic rings. The molecule has 1 aromatic carbocycles. The van der Waals surface area contributed by atoms with E-state index in [2.05, 4.69) is 0 Å². The fourth-order valence-electron chi connectivity index (χ4n) is 1.54. The number of nitrogen functional groups attached to an aromatic ring is 1. The van der Waals surface area contributed by atoms with E-state index in [-0.39, 0.29) is 6.17 Å². The first-order valence-electron chi connectivity index (χ1n) is 4.30. The van der Waals surface area contributed by atoms with E-state index in [4.69, 9.17) is 11.5 Å². The van der Waals surface area contributed by atoms with Gasteiger partial charge in [-0.25, -0.2) is 0 Å². The Morgan fingerprint density at radius 1 is 1.31 bits per heavy atom. The molecule has 4 N–H and O–H groups in total. The van der Waals surface area contributed by atoms with Crippen LogP contribution in [0.25, 0.3) is 10.9 Å². The molecular weight excluding hydrogens is 162 g/mol. The highest BCUT2D eigenvalue weighted by molar-refractivity contribution is 5.83. The van der Waals surface area contributed by atoms with Gasteiger partial charge in [-0.3, -0.25) is 0 Å². The van der Waals surface area contributed by atoms with Crippen LogP contribution in [-0.2, 0) is 0 Å². The average Bonchev–Trinajstić information content (AvgIpc) is 2.46. The molecule has 13 heavy (non-hydrogen) atoms. The first-order chi connectivity index (χ1) is 6.18. The van der Waals surface area contributed by atoms with E-state index < -0.39 is 0 Å². The number of fused-ring (bicyclic) bond motifs is 1. The summed E-state index contributed by atoms with van der Waals surface area (Å²) in [6.45, 7) is 1.95. The maximum atomic E-state index is 5.79. The Labute approximate surface area is 76.9 Å². The third-order valence-electron chi connectivity index (χ3n) is 2.18. The number of hydrogen-bond donors (Lipinski definition) is 2. The topological polar surface area (TPSA) is 57.0 Å². The van der Waals surface area contributed by atoms with Crippen molar-refractivity contribution in [3.05, 3.63) is 30.5 Å². The van der Waals surface area contributed by atoms with Crippen molar-refractivity contribution in [2.24, 2.45) is 5.73 Å². The molecule has 68 valence electrons. The normalized spacial score (nSPS) is 13.4. The van der Waals surface area contributed by atoms with Crippen molar-refractivity contribution in [3.63, 3.8) is 0 Å². The van der Waals surface area contributed by atoms with Gasteiger partial charge >= 0.3 is 0 Å². The molecule has 0 spiro atoms. The molecular formula is C10H13N3. The molecule has 2 rings (SSSR count). The van der Waals surface area contributed by atoms with Crippen molar-refractivity contribution in [1.82, 2.24) is 4.57 Å².